The van der Waals surface area contributed by atoms with Gasteiger partial charge in [0.2, 0.25) is 0 Å². The number of carbonyl (C=O) groups is 2. The number of carbonyl (C=O) groups excluding carboxylic acids is 2. The van der Waals surface area contributed by atoms with Gasteiger partial charge in [-0.25, -0.2) is 4.79 Å². The number of methoxy groups -OCH3 is 1. The third-order valence-electron chi connectivity index (χ3n) is 3.53. The van der Waals surface area contributed by atoms with Crippen LogP contribution in [0.4, 0.5) is 11.4 Å². The molecule has 0 bridgehead atoms. The molecule has 0 aliphatic heterocycles. The Balaban J connectivity index is 2.00. The van der Waals surface area contributed by atoms with Crippen LogP contribution in [0.3, 0.4) is 0 Å². The van der Waals surface area contributed by atoms with Crippen LogP contribution < -0.4 is 14.8 Å². The SMILES string of the molecule is C=CCOc1ccc(C(=O)OCC(=O)Nc2cc([N+](=O)[O-])ccc2Cl)cc1OC. The second-order valence-electron chi connectivity index (χ2n) is 5.51. The fraction of sp³-hybridized carbons (Fsp3) is 0.158. The lowest BCUT2D eigenvalue weighted by Crippen LogP contribution is -2.21. The molecule has 10 heteroatoms. The number of hydrogen-bond acceptors (Lipinski definition) is 7. The van der Waals surface area contributed by atoms with E-state index in [1.807, 2.05) is 0 Å². The summed E-state index contributed by atoms with van der Waals surface area (Å²) in [4.78, 5) is 34.4. The van der Waals surface area contributed by atoms with E-state index in [-0.39, 0.29) is 28.6 Å². The van der Waals surface area contributed by atoms with E-state index in [1.54, 1.807) is 6.08 Å². The third-order valence-corrected chi connectivity index (χ3v) is 3.85. The van der Waals surface area contributed by atoms with Gasteiger partial charge in [0.05, 0.1) is 28.3 Å². The van der Waals surface area contributed by atoms with Crippen LogP contribution in [-0.2, 0) is 9.53 Å². The van der Waals surface area contributed by atoms with Gasteiger partial charge in [-0.3, -0.25) is 14.9 Å². The maximum Gasteiger partial charge on any atom is 0.338 e. The van der Waals surface area contributed by atoms with Crippen LogP contribution in [0.25, 0.3) is 0 Å². The first-order chi connectivity index (χ1) is 13.8. The predicted octanol–water partition coefficient (Wildman–Crippen LogP) is 3.62. The van der Waals surface area contributed by atoms with Gasteiger partial charge in [-0.05, 0) is 24.3 Å². The highest BCUT2D eigenvalue weighted by Gasteiger charge is 2.16. The molecule has 2 aromatic carbocycles. The summed E-state index contributed by atoms with van der Waals surface area (Å²) in [5.74, 6) is -0.742. The normalized spacial score (nSPS) is 10.0. The van der Waals surface area contributed by atoms with Gasteiger partial charge in [-0.2, -0.15) is 0 Å². The zero-order chi connectivity index (χ0) is 21.4. The quantitative estimate of drug-likeness (QED) is 0.285. The Bertz CT molecular complexity index is 946. The van der Waals surface area contributed by atoms with Gasteiger partial charge < -0.3 is 19.5 Å². The number of rotatable bonds is 9. The highest BCUT2D eigenvalue weighted by molar-refractivity contribution is 6.33. The molecule has 0 saturated carbocycles. The Hall–Kier alpha value is -3.59. The van der Waals surface area contributed by atoms with Crippen molar-refractivity contribution in [3.05, 3.63) is 69.8 Å². The minimum absolute atomic E-state index is 0.0345. The molecule has 1 N–H and O–H groups in total. The number of anilines is 1. The van der Waals surface area contributed by atoms with E-state index < -0.39 is 23.4 Å². The first-order valence-corrected chi connectivity index (χ1v) is 8.56. The Morgan fingerprint density at radius 2 is 2.00 bits per heavy atom. The van der Waals surface area contributed by atoms with Gasteiger partial charge in [0.1, 0.15) is 6.61 Å². The van der Waals surface area contributed by atoms with Crippen LogP contribution in [0.1, 0.15) is 10.4 Å². The molecule has 0 fully saturated rings. The number of ether oxygens (including phenoxy) is 3. The molecule has 0 atom stereocenters. The molecule has 0 aliphatic rings. The van der Waals surface area contributed by atoms with E-state index in [9.17, 15) is 19.7 Å². The Morgan fingerprint density at radius 1 is 1.24 bits per heavy atom. The molecule has 0 saturated heterocycles. The van der Waals surface area contributed by atoms with Crippen molar-refractivity contribution >= 4 is 34.9 Å². The number of amides is 1. The summed E-state index contributed by atoms with van der Waals surface area (Å²) in [7, 11) is 1.42. The fourth-order valence-electron chi connectivity index (χ4n) is 2.19. The Morgan fingerprint density at radius 3 is 2.66 bits per heavy atom. The van der Waals surface area contributed by atoms with E-state index in [0.717, 1.165) is 6.07 Å². The summed E-state index contributed by atoms with van der Waals surface area (Å²) in [6.07, 6.45) is 1.56. The number of non-ortho nitro benzene ring substituents is 1. The van der Waals surface area contributed by atoms with Crippen molar-refractivity contribution in [2.24, 2.45) is 0 Å². The van der Waals surface area contributed by atoms with Crippen LogP contribution in [0, 0.1) is 10.1 Å². The zero-order valence-corrected chi connectivity index (χ0v) is 16.1. The predicted molar refractivity (Wildman–Crippen MR) is 106 cm³/mol. The number of halogens is 1. The van der Waals surface area contributed by atoms with Crippen molar-refractivity contribution < 1.29 is 28.7 Å². The van der Waals surface area contributed by atoms with E-state index >= 15 is 0 Å². The third kappa shape index (κ3) is 5.94. The lowest BCUT2D eigenvalue weighted by molar-refractivity contribution is -0.384. The molecule has 0 spiro atoms. The molecular weight excluding hydrogens is 404 g/mol. The van der Waals surface area contributed by atoms with Crippen molar-refractivity contribution in [3.63, 3.8) is 0 Å². The molecule has 2 rings (SSSR count). The van der Waals surface area contributed by atoms with Gasteiger partial charge in [-0.15, -0.1) is 0 Å². The van der Waals surface area contributed by atoms with Crippen LogP contribution >= 0.6 is 11.6 Å². The molecular formula is C19H17ClN2O7. The Labute approximate surface area is 171 Å². The maximum absolute atomic E-state index is 12.2. The van der Waals surface area contributed by atoms with Gasteiger partial charge >= 0.3 is 5.97 Å². The molecule has 1 amide bonds. The monoisotopic (exact) mass is 420 g/mol. The number of nitro benzene ring substituents is 1. The molecule has 0 unspecified atom stereocenters. The largest absolute Gasteiger partial charge is 0.493 e. The molecule has 9 nitrogen and oxygen atoms in total. The summed E-state index contributed by atoms with van der Waals surface area (Å²) in [6.45, 7) is 3.20. The van der Waals surface area contributed by atoms with Crippen LogP contribution in [0.15, 0.2) is 49.1 Å². The summed E-state index contributed by atoms with van der Waals surface area (Å²) >= 11 is 5.91. The van der Waals surface area contributed by atoms with Crippen molar-refractivity contribution in [2.45, 2.75) is 0 Å². The Kier molecular flexibility index (Phi) is 7.55. The van der Waals surface area contributed by atoms with Gasteiger partial charge in [-0.1, -0.05) is 24.3 Å². The topological polar surface area (TPSA) is 117 Å². The summed E-state index contributed by atoms with van der Waals surface area (Å²) < 4.78 is 15.5. The minimum atomic E-state index is -0.765. The lowest BCUT2D eigenvalue weighted by Gasteiger charge is -2.11. The average Bonchev–Trinajstić information content (AvgIpc) is 2.71. The fourth-order valence-corrected chi connectivity index (χ4v) is 2.35. The molecule has 0 aliphatic carbocycles. The molecule has 29 heavy (non-hydrogen) atoms. The first kappa shape index (κ1) is 21.7. The molecule has 152 valence electrons. The number of nitrogens with zero attached hydrogens (tertiary/aromatic N) is 1. The second-order valence-corrected chi connectivity index (χ2v) is 5.92. The van der Waals surface area contributed by atoms with Crippen molar-refractivity contribution in [1.82, 2.24) is 0 Å². The van der Waals surface area contributed by atoms with E-state index in [1.165, 1.54) is 37.4 Å². The van der Waals surface area contributed by atoms with Crippen molar-refractivity contribution in [1.29, 1.82) is 0 Å². The number of esters is 1. The van der Waals surface area contributed by atoms with E-state index in [4.69, 9.17) is 25.8 Å². The highest BCUT2D eigenvalue weighted by Crippen LogP contribution is 2.29. The number of nitrogens with one attached hydrogen (secondary N) is 1. The second kappa shape index (κ2) is 10.1. The summed E-state index contributed by atoms with van der Waals surface area (Å²) in [5.41, 5.74) is -0.0613. The average molecular weight is 421 g/mol. The van der Waals surface area contributed by atoms with Crippen LogP contribution in [-0.4, -0.2) is 37.1 Å². The maximum atomic E-state index is 12.2. The first-order valence-electron chi connectivity index (χ1n) is 8.18. The molecule has 2 aromatic rings. The van der Waals surface area contributed by atoms with E-state index in [0.29, 0.717) is 11.5 Å². The highest BCUT2D eigenvalue weighted by atomic mass is 35.5. The van der Waals surface area contributed by atoms with Gasteiger partial charge in [0.15, 0.2) is 18.1 Å². The smallest absolute Gasteiger partial charge is 0.338 e. The summed E-state index contributed by atoms with van der Waals surface area (Å²) in [6, 6.07) is 7.99. The lowest BCUT2D eigenvalue weighted by atomic mass is 10.2. The number of benzene rings is 2. The molecule has 0 aromatic heterocycles. The van der Waals surface area contributed by atoms with E-state index in [2.05, 4.69) is 11.9 Å². The molecule has 0 radical (unpaired) electrons. The zero-order valence-electron chi connectivity index (χ0n) is 15.3. The van der Waals surface area contributed by atoms with Gasteiger partial charge in [0, 0.05) is 12.1 Å². The van der Waals surface area contributed by atoms with Gasteiger partial charge in [0.25, 0.3) is 11.6 Å². The van der Waals surface area contributed by atoms with Crippen LogP contribution in [0.5, 0.6) is 11.5 Å². The summed E-state index contributed by atoms with van der Waals surface area (Å²) in [5, 5.41) is 13.3. The minimum Gasteiger partial charge on any atom is -0.493 e. The number of nitro groups is 1. The number of hydrogen-bond donors (Lipinski definition) is 1. The molecule has 0 heterocycles. The standard InChI is InChI=1S/C19H17ClN2O7/c1-3-8-28-16-7-4-12(9-17(16)27-2)19(24)29-11-18(23)21-15-10-13(22(25)26)5-6-14(15)20/h3-7,9-10H,1,8,11H2,2H3,(H,21,23). The van der Waals surface area contributed by atoms with Crippen LogP contribution in [0.2, 0.25) is 5.02 Å². The van der Waals surface area contributed by atoms with Crippen molar-refractivity contribution in [2.75, 3.05) is 25.6 Å². The van der Waals surface area contributed by atoms with Crippen molar-refractivity contribution in [3.8, 4) is 11.5 Å².